The monoisotopic (exact) mass is 291 g/mol. The number of pyridine rings is 1. The fourth-order valence-electron chi connectivity index (χ4n) is 1.87. The fourth-order valence-corrected chi connectivity index (χ4v) is 2.08. The second-order valence-corrected chi connectivity index (χ2v) is 4.67. The lowest BCUT2D eigenvalue weighted by molar-refractivity contribution is 0.809. The third kappa shape index (κ3) is 3.57. The summed E-state index contributed by atoms with van der Waals surface area (Å²) < 4.78 is 0. The molecule has 2 heterocycles. The molecular formula is C14H18ClN5. The van der Waals surface area contributed by atoms with Gasteiger partial charge in [-0.2, -0.15) is 4.98 Å². The molecule has 5 nitrogen and oxygen atoms in total. The molecule has 6 heteroatoms. The molecule has 0 aromatic carbocycles. The summed E-state index contributed by atoms with van der Waals surface area (Å²) in [4.78, 5) is 14.8. The third-order valence-corrected chi connectivity index (χ3v) is 3.13. The summed E-state index contributed by atoms with van der Waals surface area (Å²) in [5.74, 6) is 1.34. The van der Waals surface area contributed by atoms with Gasteiger partial charge in [0.15, 0.2) is 5.82 Å². The van der Waals surface area contributed by atoms with Gasteiger partial charge in [-0.15, -0.1) is 0 Å². The van der Waals surface area contributed by atoms with E-state index < -0.39 is 0 Å². The van der Waals surface area contributed by atoms with Gasteiger partial charge in [-0.3, -0.25) is 4.98 Å². The van der Waals surface area contributed by atoms with Crippen molar-refractivity contribution in [2.75, 3.05) is 23.3 Å². The van der Waals surface area contributed by atoms with Crippen LogP contribution in [-0.2, 0) is 6.54 Å². The van der Waals surface area contributed by atoms with E-state index in [1.807, 2.05) is 19.1 Å². The van der Waals surface area contributed by atoms with Gasteiger partial charge in [-0.1, -0.05) is 11.6 Å². The Kier molecular flexibility index (Phi) is 5.12. The van der Waals surface area contributed by atoms with Gasteiger partial charge in [-0.05, 0) is 31.5 Å². The number of hydrogen-bond acceptors (Lipinski definition) is 5. The minimum atomic E-state index is 0.558. The van der Waals surface area contributed by atoms with Crippen LogP contribution in [0.1, 0.15) is 19.4 Å². The molecule has 2 aromatic rings. The van der Waals surface area contributed by atoms with E-state index in [9.17, 15) is 0 Å². The van der Waals surface area contributed by atoms with Crippen LogP contribution in [-0.4, -0.2) is 28.0 Å². The maximum atomic E-state index is 6.23. The second kappa shape index (κ2) is 7.05. The molecule has 0 fully saturated rings. The van der Waals surface area contributed by atoms with Crippen molar-refractivity contribution in [3.05, 3.63) is 41.3 Å². The molecule has 106 valence electrons. The van der Waals surface area contributed by atoms with Crippen molar-refractivity contribution in [1.82, 2.24) is 15.0 Å². The largest absolute Gasteiger partial charge is 0.354 e. The van der Waals surface area contributed by atoms with Crippen LogP contribution in [0, 0.1) is 0 Å². The highest BCUT2D eigenvalue weighted by Crippen LogP contribution is 2.25. The van der Waals surface area contributed by atoms with Crippen LogP contribution in [0.3, 0.4) is 0 Å². The van der Waals surface area contributed by atoms with Gasteiger partial charge in [0, 0.05) is 32.0 Å². The Morgan fingerprint density at radius 2 is 2.00 bits per heavy atom. The smallest absolute Gasteiger partial charge is 0.224 e. The van der Waals surface area contributed by atoms with Crippen LogP contribution in [0.4, 0.5) is 11.8 Å². The van der Waals surface area contributed by atoms with E-state index in [0.29, 0.717) is 11.0 Å². The highest BCUT2D eigenvalue weighted by atomic mass is 35.5. The van der Waals surface area contributed by atoms with Gasteiger partial charge in [-0.25, -0.2) is 4.98 Å². The second-order valence-electron chi connectivity index (χ2n) is 4.27. The number of halogens is 1. The summed E-state index contributed by atoms with van der Waals surface area (Å²) >= 11 is 6.23. The topological polar surface area (TPSA) is 53.9 Å². The maximum Gasteiger partial charge on any atom is 0.224 e. The van der Waals surface area contributed by atoms with Crippen molar-refractivity contribution in [2.45, 2.75) is 20.4 Å². The van der Waals surface area contributed by atoms with Gasteiger partial charge < -0.3 is 10.2 Å². The number of nitrogens with zero attached hydrogens (tertiary/aromatic N) is 4. The molecule has 0 aliphatic heterocycles. The van der Waals surface area contributed by atoms with Gasteiger partial charge in [0.05, 0.1) is 6.20 Å². The van der Waals surface area contributed by atoms with Crippen molar-refractivity contribution in [2.24, 2.45) is 0 Å². The Balaban J connectivity index is 2.24. The molecule has 2 rings (SSSR count). The lowest BCUT2D eigenvalue weighted by Crippen LogP contribution is -2.24. The first-order chi connectivity index (χ1) is 9.74. The Morgan fingerprint density at radius 1 is 1.25 bits per heavy atom. The summed E-state index contributed by atoms with van der Waals surface area (Å²) in [6.07, 6.45) is 5.21. The Morgan fingerprint density at radius 3 is 2.65 bits per heavy atom. The first-order valence-corrected chi connectivity index (χ1v) is 7.02. The number of anilines is 2. The SMILES string of the molecule is CCNc1ncc(Cl)c(N(CC)Cc2ccncc2)n1. The number of nitrogens with one attached hydrogen (secondary N) is 1. The average molecular weight is 292 g/mol. The lowest BCUT2D eigenvalue weighted by Gasteiger charge is -2.23. The molecular weight excluding hydrogens is 274 g/mol. The molecule has 2 aromatic heterocycles. The predicted octanol–water partition coefficient (Wildman–Crippen LogP) is 2.98. The first kappa shape index (κ1) is 14.5. The highest BCUT2D eigenvalue weighted by molar-refractivity contribution is 6.32. The summed E-state index contributed by atoms with van der Waals surface area (Å²) in [5, 5.41) is 3.66. The zero-order chi connectivity index (χ0) is 14.4. The quantitative estimate of drug-likeness (QED) is 0.887. The van der Waals surface area contributed by atoms with E-state index in [2.05, 4.69) is 32.1 Å². The molecule has 0 aliphatic carbocycles. The van der Waals surface area contributed by atoms with E-state index in [0.717, 1.165) is 25.5 Å². The molecule has 1 N–H and O–H groups in total. The first-order valence-electron chi connectivity index (χ1n) is 6.64. The maximum absolute atomic E-state index is 6.23. The number of rotatable bonds is 6. The van der Waals surface area contributed by atoms with E-state index >= 15 is 0 Å². The van der Waals surface area contributed by atoms with Gasteiger partial charge in [0.2, 0.25) is 5.95 Å². The Labute approximate surface area is 124 Å². The zero-order valence-corrected chi connectivity index (χ0v) is 12.4. The molecule has 0 atom stereocenters. The summed E-state index contributed by atoms with van der Waals surface area (Å²) in [7, 11) is 0. The van der Waals surface area contributed by atoms with Crippen LogP contribution in [0.25, 0.3) is 0 Å². The molecule has 0 saturated heterocycles. The highest BCUT2D eigenvalue weighted by Gasteiger charge is 2.12. The van der Waals surface area contributed by atoms with Crippen LogP contribution in [0.5, 0.6) is 0 Å². The van der Waals surface area contributed by atoms with E-state index in [-0.39, 0.29) is 0 Å². The summed E-state index contributed by atoms with van der Waals surface area (Å²) in [6.45, 7) is 6.41. The normalized spacial score (nSPS) is 10.3. The number of aromatic nitrogens is 3. The van der Waals surface area contributed by atoms with E-state index in [1.54, 1.807) is 18.6 Å². The predicted molar refractivity (Wildman–Crippen MR) is 82.2 cm³/mol. The fraction of sp³-hybridized carbons (Fsp3) is 0.357. The van der Waals surface area contributed by atoms with Crippen LogP contribution >= 0.6 is 11.6 Å². The van der Waals surface area contributed by atoms with E-state index in [1.165, 1.54) is 5.56 Å². The van der Waals surface area contributed by atoms with Gasteiger partial charge >= 0.3 is 0 Å². The molecule has 0 unspecified atom stereocenters. The minimum absolute atomic E-state index is 0.558. The van der Waals surface area contributed by atoms with Crippen molar-refractivity contribution in [3.63, 3.8) is 0 Å². The molecule has 20 heavy (non-hydrogen) atoms. The van der Waals surface area contributed by atoms with Crippen molar-refractivity contribution >= 4 is 23.4 Å². The molecule has 0 aliphatic rings. The molecule has 0 bridgehead atoms. The Bertz CT molecular complexity index is 547. The summed E-state index contributed by atoms with van der Waals surface area (Å²) in [5.41, 5.74) is 1.17. The minimum Gasteiger partial charge on any atom is -0.354 e. The zero-order valence-electron chi connectivity index (χ0n) is 11.7. The van der Waals surface area contributed by atoms with Crippen LogP contribution < -0.4 is 10.2 Å². The number of hydrogen-bond donors (Lipinski definition) is 1. The van der Waals surface area contributed by atoms with E-state index in [4.69, 9.17) is 11.6 Å². The average Bonchev–Trinajstić information content (AvgIpc) is 2.48. The lowest BCUT2D eigenvalue weighted by atomic mass is 10.2. The van der Waals surface area contributed by atoms with Crippen LogP contribution in [0.2, 0.25) is 5.02 Å². The third-order valence-electron chi connectivity index (χ3n) is 2.86. The van der Waals surface area contributed by atoms with Crippen molar-refractivity contribution in [3.8, 4) is 0 Å². The standard InChI is InChI=1S/C14H18ClN5/c1-3-17-14-18-9-12(15)13(19-14)20(4-2)10-11-5-7-16-8-6-11/h5-9H,3-4,10H2,1-2H3,(H,17,18,19). The molecule has 0 spiro atoms. The molecule has 0 saturated carbocycles. The van der Waals surface area contributed by atoms with Crippen molar-refractivity contribution < 1.29 is 0 Å². The molecule has 0 amide bonds. The molecule has 0 radical (unpaired) electrons. The summed E-state index contributed by atoms with van der Waals surface area (Å²) in [6, 6.07) is 3.98. The Hall–Kier alpha value is -1.88. The van der Waals surface area contributed by atoms with Crippen molar-refractivity contribution in [1.29, 1.82) is 0 Å². The van der Waals surface area contributed by atoms with Gasteiger partial charge in [0.1, 0.15) is 5.02 Å². The van der Waals surface area contributed by atoms with Gasteiger partial charge in [0.25, 0.3) is 0 Å². The van der Waals surface area contributed by atoms with Crippen LogP contribution in [0.15, 0.2) is 30.7 Å².